The Labute approximate surface area is 296 Å². The lowest BCUT2D eigenvalue weighted by atomic mass is 9.76. The van der Waals surface area contributed by atoms with E-state index in [9.17, 15) is 4.39 Å². The minimum Gasteiger partial charge on any atom is -0.472 e. The molecule has 3 aliphatic rings. The first-order valence-corrected chi connectivity index (χ1v) is 18.1. The maximum absolute atomic E-state index is 15.4. The van der Waals surface area contributed by atoms with Crippen molar-refractivity contribution in [2.75, 3.05) is 18.0 Å². The molecule has 0 radical (unpaired) electrons. The maximum Gasteiger partial charge on any atom is 0.178 e. The highest BCUT2D eigenvalue weighted by atomic mass is 19.1. The largest absolute Gasteiger partial charge is 0.472 e. The van der Waals surface area contributed by atoms with Crippen LogP contribution in [0, 0.1) is 11.6 Å². The van der Waals surface area contributed by atoms with Crippen molar-refractivity contribution < 1.29 is 13.5 Å². The normalized spacial score (nSPS) is 18.9. The van der Waals surface area contributed by atoms with Gasteiger partial charge in [-0.1, -0.05) is 92.7 Å². The quantitative estimate of drug-likeness (QED) is 0.174. The molecule has 1 saturated heterocycles. The average Bonchev–Trinajstić information content (AvgIpc) is 3.40. The summed E-state index contributed by atoms with van der Waals surface area (Å²) in [5.74, 6) is 0.0531. The number of ether oxygens (including phenoxy) is 1. The molecule has 0 saturated carbocycles. The SMILES string of the molecule is CC1(C)c2cc(F)ccc2-c2c1c1c(c3cc(F)ccc23)OC(c2ccc(N3CCCCC3)cc2)(c2cc3ccccc3c3ccccc23)C=C1. The van der Waals surface area contributed by atoms with Gasteiger partial charge in [0.15, 0.2) is 5.60 Å². The van der Waals surface area contributed by atoms with E-state index in [0.29, 0.717) is 11.1 Å². The number of benzene rings is 7. The van der Waals surface area contributed by atoms with Crippen LogP contribution in [-0.2, 0) is 11.0 Å². The second kappa shape index (κ2) is 11.0. The van der Waals surface area contributed by atoms with E-state index in [1.54, 1.807) is 12.1 Å². The zero-order valence-corrected chi connectivity index (χ0v) is 28.8. The minimum absolute atomic E-state index is 0.263. The molecule has 2 nitrogen and oxygen atoms in total. The van der Waals surface area contributed by atoms with Gasteiger partial charge < -0.3 is 9.64 Å². The lowest BCUT2D eigenvalue weighted by Gasteiger charge is -2.39. The number of fused-ring (bicyclic) bond motifs is 11. The van der Waals surface area contributed by atoms with Crippen molar-refractivity contribution in [2.24, 2.45) is 0 Å². The molecule has 0 amide bonds. The number of halogens is 2. The third-order valence-corrected chi connectivity index (χ3v) is 11.7. The van der Waals surface area contributed by atoms with Gasteiger partial charge in [-0.05, 0) is 117 Å². The smallest absolute Gasteiger partial charge is 0.178 e. The van der Waals surface area contributed by atoms with Crippen LogP contribution in [0.5, 0.6) is 5.75 Å². The van der Waals surface area contributed by atoms with Crippen molar-refractivity contribution in [1.82, 2.24) is 0 Å². The summed E-state index contributed by atoms with van der Waals surface area (Å²) < 4.78 is 37.8. The molecule has 51 heavy (non-hydrogen) atoms. The summed E-state index contributed by atoms with van der Waals surface area (Å²) >= 11 is 0. The Hall–Kier alpha value is -5.48. The molecule has 250 valence electrons. The summed E-state index contributed by atoms with van der Waals surface area (Å²) in [6.45, 7) is 6.43. The number of anilines is 1. The van der Waals surface area contributed by atoms with Crippen LogP contribution in [0.1, 0.15) is 60.9 Å². The van der Waals surface area contributed by atoms with E-state index >= 15 is 4.39 Å². The summed E-state index contributed by atoms with van der Waals surface area (Å²) in [7, 11) is 0. The second-order valence-electron chi connectivity index (χ2n) is 15.0. The van der Waals surface area contributed by atoms with E-state index in [2.05, 4.69) is 110 Å². The van der Waals surface area contributed by atoms with Gasteiger partial charge in [-0.15, -0.1) is 0 Å². The van der Waals surface area contributed by atoms with E-state index < -0.39 is 11.0 Å². The number of piperidine rings is 1. The van der Waals surface area contributed by atoms with Crippen LogP contribution in [0.2, 0.25) is 0 Å². The molecule has 2 heterocycles. The van der Waals surface area contributed by atoms with Gasteiger partial charge in [-0.25, -0.2) is 8.78 Å². The van der Waals surface area contributed by atoms with E-state index in [4.69, 9.17) is 4.74 Å². The van der Waals surface area contributed by atoms with Gasteiger partial charge in [0, 0.05) is 46.3 Å². The van der Waals surface area contributed by atoms with E-state index in [1.165, 1.54) is 42.5 Å². The molecule has 7 aromatic rings. The molecule has 7 aromatic carbocycles. The summed E-state index contributed by atoms with van der Waals surface area (Å²) in [6, 6.07) is 38.2. The van der Waals surface area contributed by atoms with Gasteiger partial charge >= 0.3 is 0 Å². The molecule has 0 aromatic heterocycles. The molecule has 1 atom stereocenters. The van der Waals surface area contributed by atoms with Crippen molar-refractivity contribution in [3.05, 3.63) is 161 Å². The third kappa shape index (κ3) is 4.38. The lowest BCUT2D eigenvalue weighted by molar-refractivity contribution is 0.165. The van der Waals surface area contributed by atoms with Crippen molar-refractivity contribution in [2.45, 2.75) is 44.1 Å². The highest BCUT2D eigenvalue weighted by Gasteiger charge is 2.45. The van der Waals surface area contributed by atoms with Crippen LogP contribution >= 0.6 is 0 Å². The average molecular weight is 670 g/mol. The minimum atomic E-state index is -1.04. The predicted molar refractivity (Wildman–Crippen MR) is 206 cm³/mol. The van der Waals surface area contributed by atoms with Crippen LogP contribution in [0.3, 0.4) is 0 Å². The highest BCUT2D eigenvalue weighted by Crippen LogP contribution is 2.58. The molecule has 0 spiro atoms. The second-order valence-corrected chi connectivity index (χ2v) is 15.0. The van der Waals surface area contributed by atoms with Gasteiger partial charge in [0.05, 0.1) is 0 Å². The van der Waals surface area contributed by atoms with E-state index in [0.717, 1.165) is 73.6 Å². The third-order valence-electron chi connectivity index (χ3n) is 11.7. The lowest BCUT2D eigenvalue weighted by Crippen LogP contribution is -2.35. The Morgan fingerprint density at radius 1 is 0.627 bits per heavy atom. The summed E-state index contributed by atoms with van der Waals surface area (Å²) in [5, 5.41) is 6.18. The van der Waals surface area contributed by atoms with Gasteiger partial charge in [0.25, 0.3) is 0 Å². The van der Waals surface area contributed by atoms with Gasteiger partial charge in [0.1, 0.15) is 17.4 Å². The van der Waals surface area contributed by atoms with Crippen molar-refractivity contribution in [1.29, 1.82) is 0 Å². The summed E-state index contributed by atoms with van der Waals surface area (Å²) in [4.78, 5) is 2.47. The Morgan fingerprint density at radius 2 is 1.33 bits per heavy atom. The summed E-state index contributed by atoms with van der Waals surface area (Å²) in [5.41, 5.74) is 6.61. The van der Waals surface area contributed by atoms with Gasteiger partial charge in [-0.2, -0.15) is 0 Å². The molecule has 2 aliphatic heterocycles. The molecule has 10 rings (SSSR count). The number of nitrogens with zero attached hydrogens (tertiary/aromatic N) is 1. The molecule has 4 heteroatoms. The first-order valence-electron chi connectivity index (χ1n) is 18.1. The Kier molecular flexibility index (Phi) is 6.55. The van der Waals surface area contributed by atoms with Crippen LogP contribution in [-0.4, -0.2) is 13.1 Å². The molecular formula is C47H37F2NO. The fourth-order valence-corrected chi connectivity index (χ4v) is 9.32. The fourth-order valence-electron chi connectivity index (χ4n) is 9.32. The number of rotatable bonds is 3. The van der Waals surface area contributed by atoms with Crippen LogP contribution in [0.15, 0.2) is 121 Å². The molecule has 0 N–H and O–H groups in total. The Morgan fingerprint density at radius 3 is 2.14 bits per heavy atom. The molecule has 1 fully saturated rings. The zero-order chi connectivity index (χ0) is 34.5. The van der Waals surface area contributed by atoms with E-state index in [-0.39, 0.29) is 11.6 Å². The highest BCUT2D eigenvalue weighted by molar-refractivity contribution is 6.11. The molecule has 1 unspecified atom stereocenters. The molecule has 1 aliphatic carbocycles. The van der Waals surface area contributed by atoms with Crippen LogP contribution in [0.4, 0.5) is 14.5 Å². The van der Waals surface area contributed by atoms with Gasteiger partial charge in [0.2, 0.25) is 0 Å². The van der Waals surface area contributed by atoms with E-state index in [1.807, 2.05) is 12.1 Å². The standard InChI is InChI=1S/C47H37F2NO/c1-46(2)41-28-32(49)17-21-38(41)43-37-20-16-31(48)27-40(37)45-39(44(43)46)22-23-47(51-45,30-14-18-33(19-15-30)50-24-8-3-9-25-50)42-26-29-10-4-5-11-34(29)35-12-6-7-13-36(35)42/h4-7,10-23,26-28H,3,8-9,24-25H2,1-2H3. The van der Waals surface area contributed by atoms with Crippen molar-refractivity contribution >= 4 is 44.1 Å². The summed E-state index contributed by atoms with van der Waals surface area (Å²) in [6.07, 6.45) is 8.08. The van der Waals surface area contributed by atoms with Gasteiger partial charge in [-0.3, -0.25) is 0 Å². The molecular weight excluding hydrogens is 633 g/mol. The predicted octanol–water partition coefficient (Wildman–Crippen LogP) is 12.1. The van der Waals surface area contributed by atoms with Crippen LogP contribution in [0.25, 0.3) is 49.5 Å². The number of hydrogen-bond acceptors (Lipinski definition) is 2. The van der Waals surface area contributed by atoms with Crippen molar-refractivity contribution in [3.63, 3.8) is 0 Å². The van der Waals surface area contributed by atoms with Crippen molar-refractivity contribution in [3.8, 4) is 16.9 Å². The number of hydrogen-bond donors (Lipinski definition) is 0. The fraction of sp³-hybridized carbons (Fsp3) is 0.191. The first-order chi connectivity index (χ1) is 24.8. The maximum atomic E-state index is 15.4. The molecule has 0 bridgehead atoms. The monoisotopic (exact) mass is 669 g/mol. The zero-order valence-electron chi connectivity index (χ0n) is 28.8. The van der Waals surface area contributed by atoms with Crippen LogP contribution < -0.4 is 9.64 Å². The topological polar surface area (TPSA) is 12.5 Å². The Balaban J connectivity index is 1.27. The Bertz CT molecular complexity index is 2600. The first kappa shape index (κ1) is 30.4.